The molecule has 0 radical (unpaired) electrons. The molecule has 7 heteroatoms. The van der Waals surface area contributed by atoms with Gasteiger partial charge in [-0.25, -0.2) is 4.79 Å². The van der Waals surface area contributed by atoms with Crippen LogP contribution in [0, 0.1) is 5.92 Å². The van der Waals surface area contributed by atoms with Crippen molar-refractivity contribution < 1.29 is 23.9 Å². The van der Waals surface area contributed by atoms with Crippen molar-refractivity contribution in [2.45, 2.75) is 39.2 Å². The molecule has 31 heavy (non-hydrogen) atoms. The molecular formula is C24H28N2O5. The summed E-state index contributed by atoms with van der Waals surface area (Å²) >= 11 is 0. The number of esters is 1. The molecule has 0 unspecified atom stereocenters. The van der Waals surface area contributed by atoms with Crippen LogP contribution in [0.2, 0.25) is 0 Å². The third-order valence-electron chi connectivity index (χ3n) is 5.29. The summed E-state index contributed by atoms with van der Waals surface area (Å²) in [6, 6.07) is 11.5. The van der Waals surface area contributed by atoms with Gasteiger partial charge < -0.3 is 20.1 Å². The lowest BCUT2D eigenvalue weighted by Crippen LogP contribution is -2.45. The van der Waals surface area contributed by atoms with Crippen molar-refractivity contribution in [2.24, 2.45) is 5.92 Å². The van der Waals surface area contributed by atoms with Crippen LogP contribution in [0.15, 0.2) is 42.5 Å². The molecule has 3 rings (SSSR count). The van der Waals surface area contributed by atoms with Gasteiger partial charge in [-0.1, -0.05) is 19.9 Å². The lowest BCUT2D eigenvalue weighted by atomic mass is 10.0. The minimum Gasteiger partial charge on any atom is -0.497 e. The van der Waals surface area contributed by atoms with Crippen LogP contribution in [0.3, 0.4) is 0 Å². The molecule has 164 valence electrons. The van der Waals surface area contributed by atoms with Gasteiger partial charge in [0.25, 0.3) is 11.8 Å². The molecule has 1 atom stereocenters. The smallest absolute Gasteiger partial charge is 0.329 e. The van der Waals surface area contributed by atoms with E-state index < -0.39 is 30.4 Å². The molecule has 0 spiro atoms. The molecule has 0 aromatic heterocycles. The molecule has 0 bridgehead atoms. The molecule has 0 heterocycles. The SMILES string of the molecule is COc1ccc(C(=O)N[C@H](C(=O)OCC(=O)Nc2ccc3c(c2)CCC3)C(C)C)cc1. The average molecular weight is 424 g/mol. The van der Waals surface area contributed by atoms with Crippen LogP contribution in [0.25, 0.3) is 0 Å². The van der Waals surface area contributed by atoms with Gasteiger partial charge in [0.15, 0.2) is 6.61 Å². The monoisotopic (exact) mass is 424 g/mol. The van der Waals surface area contributed by atoms with E-state index in [0.29, 0.717) is 17.0 Å². The quantitative estimate of drug-likeness (QED) is 0.635. The normalized spacial score (nSPS) is 13.3. The Morgan fingerprint density at radius 2 is 1.71 bits per heavy atom. The largest absolute Gasteiger partial charge is 0.497 e. The lowest BCUT2D eigenvalue weighted by Gasteiger charge is -2.21. The first-order valence-corrected chi connectivity index (χ1v) is 10.4. The third kappa shape index (κ3) is 5.84. The average Bonchev–Trinajstić information content (AvgIpc) is 3.23. The Morgan fingerprint density at radius 3 is 2.39 bits per heavy atom. The van der Waals surface area contributed by atoms with Crippen molar-refractivity contribution in [3.63, 3.8) is 0 Å². The van der Waals surface area contributed by atoms with Crippen LogP contribution < -0.4 is 15.4 Å². The van der Waals surface area contributed by atoms with Crippen LogP contribution >= 0.6 is 0 Å². The highest BCUT2D eigenvalue weighted by Crippen LogP contribution is 2.24. The second-order valence-electron chi connectivity index (χ2n) is 7.92. The Hall–Kier alpha value is -3.35. The van der Waals surface area contributed by atoms with Crippen molar-refractivity contribution >= 4 is 23.5 Å². The zero-order chi connectivity index (χ0) is 22.4. The number of fused-ring (bicyclic) bond motifs is 1. The highest BCUT2D eigenvalue weighted by molar-refractivity contribution is 5.97. The van der Waals surface area contributed by atoms with Crippen LogP contribution in [-0.2, 0) is 27.2 Å². The third-order valence-corrected chi connectivity index (χ3v) is 5.29. The first-order valence-electron chi connectivity index (χ1n) is 10.4. The van der Waals surface area contributed by atoms with Gasteiger partial charge in [-0.3, -0.25) is 9.59 Å². The van der Waals surface area contributed by atoms with Crippen molar-refractivity contribution in [2.75, 3.05) is 19.0 Å². The number of anilines is 1. The molecule has 0 saturated heterocycles. The number of benzene rings is 2. The molecule has 2 aromatic rings. The highest BCUT2D eigenvalue weighted by Gasteiger charge is 2.27. The van der Waals surface area contributed by atoms with Crippen LogP contribution in [0.4, 0.5) is 5.69 Å². The number of amides is 2. The van der Waals surface area contributed by atoms with Gasteiger partial charge in [0.05, 0.1) is 7.11 Å². The maximum Gasteiger partial charge on any atom is 0.329 e. The summed E-state index contributed by atoms with van der Waals surface area (Å²) in [5, 5.41) is 5.44. The lowest BCUT2D eigenvalue weighted by molar-refractivity contribution is -0.150. The summed E-state index contributed by atoms with van der Waals surface area (Å²) in [6.07, 6.45) is 3.21. The van der Waals surface area contributed by atoms with E-state index >= 15 is 0 Å². The summed E-state index contributed by atoms with van der Waals surface area (Å²) < 4.78 is 10.3. The molecule has 1 aliphatic rings. The maximum atomic E-state index is 12.5. The van der Waals surface area contributed by atoms with Crippen molar-refractivity contribution in [3.05, 3.63) is 59.2 Å². The molecule has 2 amide bonds. The fourth-order valence-corrected chi connectivity index (χ4v) is 3.54. The predicted octanol–water partition coefficient (Wildman–Crippen LogP) is 3.12. The fourth-order valence-electron chi connectivity index (χ4n) is 3.54. The minimum atomic E-state index is -0.873. The van der Waals surface area contributed by atoms with Crippen molar-refractivity contribution in [3.8, 4) is 5.75 Å². The molecule has 2 N–H and O–H groups in total. The maximum absolute atomic E-state index is 12.5. The minimum absolute atomic E-state index is 0.213. The molecule has 2 aromatic carbocycles. The van der Waals surface area contributed by atoms with E-state index in [9.17, 15) is 14.4 Å². The Labute approximate surface area is 182 Å². The standard InChI is InChI=1S/C24H28N2O5/c1-15(2)22(26-23(28)17-8-11-20(30-3)12-9-17)24(29)31-14-21(27)25-19-10-7-16-5-4-6-18(16)13-19/h7-13,15,22H,4-6,14H2,1-3H3,(H,25,27)(H,26,28)/t22-/m0/s1. The summed E-state index contributed by atoms with van der Waals surface area (Å²) in [4.78, 5) is 37.2. The predicted molar refractivity (Wildman–Crippen MR) is 117 cm³/mol. The Bertz CT molecular complexity index is 953. The number of hydrogen-bond donors (Lipinski definition) is 2. The number of methoxy groups -OCH3 is 1. The number of carbonyl (C=O) groups is 3. The second kappa shape index (κ2) is 10.1. The number of ether oxygens (including phenoxy) is 2. The number of hydrogen-bond acceptors (Lipinski definition) is 5. The van der Waals surface area contributed by atoms with Gasteiger partial charge in [-0.05, 0) is 72.7 Å². The Balaban J connectivity index is 1.53. The van der Waals surface area contributed by atoms with Gasteiger partial charge >= 0.3 is 5.97 Å². The summed E-state index contributed by atoms with van der Waals surface area (Å²) in [5.41, 5.74) is 3.65. The fraction of sp³-hybridized carbons (Fsp3) is 0.375. The van der Waals surface area contributed by atoms with Crippen molar-refractivity contribution in [1.29, 1.82) is 0 Å². The van der Waals surface area contributed by atoms with Gasteiger partial charge in [0, 0.05) is 11.3 Å². The first kappa shape index (κ1) is 22.3. The van der Waals surface area contributed by atoms with E-state index in [-0.39, 0.29) is 5.92 Å². The molecule has 0 saturated carbocycles. The number of rotatable bonds is 8. The van der Waals surface area contributed by atoms with E-state index in [0.717, 1.165) is 19.3 Å². The van der Waals surface area contributed by atoms with Crippen molar-refractivity contribution in [1.82, 2.24) is 5.32 Å². The van der Waals surface area contributed by atoms with Gasteiger partial charge in [-0.2, -0.15) is 0 Å². The number of aryl methyl sites for hydroxylation is 2. The van der Waals surface area contributed by atoms with Gasteiger partial charge in [-0.15, -0.1) is 0 Å². The first-order chi connectivity index (χ1) is 14.9. The summed E-state index contributed by atoms with van der Waals surface area (Å²) in [6.45, 7) is 3.17. The van der Waals surface area contributed by atoms with E-state index in [4.69, 9.17) is 9.47 Å². The van der Waals surface area contributed by atoms with Gasteiger partial charge in [0.2, 0.25) is 0 Å². The summed E-state index contributed by atoms with van der Waals surface area (Å²) in [7, 11) is 1.54. The van der Waals surface area contributed by atoms with Crippen LogP contribution in [-0.4, -0.2) is 37.5 Å². The zero-order valence-corrected chi connectivity index (χ0v) is 18.1. The molecule has 7 nitrogen and oxygen atoms in total. The van der Waals surface area contributed by atoms with Gasteiger partial charge in [0.1, 0.15) is 11.8 Å². The van der Waals surface area contributed by atoms with E-state index in [2.05, 4.69) is 10.6 Å². The number of carbonyl (C=O) groups excluding carboxylic acids is 3. The molecule has 0 fully saturated rings. The van der Waals surface area contributed by atoms with E-state index in [1.54, 1.807) is 45.2 Å². The van der Waals surface area contributed by atoms with E-state index in [1.165, 1.54) is 11.1 Å². The van der Waals surface area contributed by atoms with Crippen LogP contribution in [0.5, 0.6) is 5.75 Å². The Morgan fingerprint density at radius 1 is 1.00 bits per heavy atom. The molecular weight excluding hydrogens is 396 g/mol. The van der Waals surface area contributed by atoms with E-state index in [1.807, 2.05) is 18.2 Å². The Kier molecular flexibility index (Phi) is 7.28. The number of nitrogens with one attached hydrogen (secondary N) is 2. The highest BCUT2D eigenvalue weighted by atomic mass is 16.5. The second-order valence-corrected chi connectivity index (χ2v) is 7.92. The van der Waals surface area contributed by atoms with Crippen LogP contribution in [0.1, 0.15) is 41.8 Å². The zero-order valence-electron chi connectivity index (χ0n) is 18.1. The molecule has 1 aliphatic carbocycles. The molecule has 0 aliphatic heterocycles. The topological polar surface area (TPSA) is 93.7 Å². The summed E-state index contributed by atoms with van der Waals surface area (Å²) in [5.74, 6) is -1.06.